The third-order valence-electron chi connectivity index (χ3n) is 3.47. The summed E-state index contributed by atoms with van der Waals surface area (Å²) in [5.41, 5.74) is 1.04. The van der Waals surface area contributed by atoms with Gasteiger partial charge in [-0.15, -0.1) is 11.8 Å². The van der Waals surface area contributed by atoms with E-state index in [-0.39, 0.29) is 5.82 Å². The van der Waals surface area contributed by atoms with Crippen molar-refractivity contribution in [3.8, 4) is 0 Å². The maximum atomic E-state index is 14.0. The van der Waals surface area contributed by atoms with Crippen LogP contribution in [-0.2, 0) is 6.54 Å². The van der Waals surface area contributed by atoms with Crippen molar-refractivity contribution in [2.24, 2.45) is 5.92 Å². The Morgan fingerprint density at radius 3 is 2.68 bits per heavy atom. The molecule has 106 valence electrons. The van der Waals surface area contributed by atoms with E-state index in [0.717, 1.165) is 23.5 Å². The highest BCUT2D eigenvalue weighted by Crippen LogP contribution is 2.35. The molecule has 0 radical (unpaired) electrons. The molecule has 2 rings (SSSR count). The highest BCUT2D eigenvalue weighted by Gasteiger charge is 2.17. The average Bonchev–Trinajstić information content (AvgIpc) is 2.85. The lowest BCUT2D eigenvalue weighted by Crippen LogP contribution is -2.19. The summed E-state index contributed by atoms with van der Waals surface area (Å²) in [6.07, 6.45) is 5.08. The van der Waals surface area contributed by atoms with E-state index in [2.05, 4.69) is 19.2 Å². The van der Waals surface area contributed by atoms with Crippen molar-refractivity contribution < 1.29 is 4.39 Å². The van der Waals surface area contributed by atoms with Gasteiger partial charge in [-0.2, -0.15) is 0 Å². The quantitative estimate of drug-likeness (QED) is 0.817. The number of hydrogen-bond donors (Lipinski definition) is 1. The topological polar surface area (TPSA) is 12.0 Å². The molecule has 0 saturated heterocycles. The molecule has 0 aliphatic heterocycles. The third kappa shape index (κ3) is 4.81. The summed E-state index contributed by atoms with van der Waals surface area (Å²) in [6, 6.07) is 5.68. The van der Waals surface area contributed by atoms with E-state index in [1.165, 1.54) is 25.7 Å². The van der Waals surface area contributed by atoms with Gasteiger partial charge >= 0.3 is 0 Å². The van der Waals surface area contributed by atoms with Gasteiger partial charge in [0.1, 0.15) is 5.82 Å². The molecule has 1 N–H and O–H groups in total. The predicted molar refractivity (Wildman–Crippen MR) is 81.1 cm³/mol. The number of thioether (sulfide) groups is 1. The Hall–Kier alpha value is -0.540. The van der Waals surface area contributed by atoms with E-state index in [4.69, 9.17) is 0 Å². The molecule has 19 heavy (non-hydrogen) atoms. The van der Waals surface area contributed by atoms with Crippen molar-refractivity contribution in [1.29, 1.82) is 0 Å². The van der Waals surface area contributed by atoms with Gasteiger partial charge in [0.05, 0.1) is 0 Å². The number of nitrogens with one attached hydrogen (secondary N) is 1. The van der Waals surface area contributed by atoms with Crippen molar-refractivity contribution in [3.05, 3.63) is 29.6 Å². The maximum Gasteiger partial charge on any atom is 0.137 e. The van der Waals surface area contributed by atoms with Gasteiger partial charge in [-0.25, -0.2) is 4.39 Å². The molecule has 0 atom stereocenters. The molecule has 0 heterocycles. The standard InChI is InChI=1S/C16H24FNS/c1-12(2)10-18-11-13-7-8-16(15(17)9-13)19-14-5-3-4-6-14/h7-9,12,14,18H,3-6,10-11H2,1-2H3. The van der Waals surface area contributed by atoms with Gasteiger partial charge < -0.3 is 5.32 Å². The second kappa shape index (κ2) is 7.30. The van der Waals surface area contributed by atoms with Crippen LogP contribution in [0.3, 0.4) is 0 Å². The normalized spacial score (nSPS) is 16.4. The molecule has 0 amide bonds. The molecule has 0 spiro atoms. The summed E-state index contributed by atoms with van der Waals surface area (Å²) < 4.78 is 14.0. The Morgan fingerprint density at radius 1 is 1.32 bits per heavy atom. The van der Waals surface area contributed by atoms with Crippen molar-refractivity contribution in [3.63, 3.8) is 0 Å². The average molecular weight is 281 g/mol. The van der Waals surface area contributed by atoms with Crippen LogP contribution in [0.4, 0.5) is 4.39 Å². The monoisotopic (exact) mass is 281 g/mol. The molecule has 1 saturated carbocycles. The lowest BCUT2D eigenvalue weighted by molar-refractivity contribution is 0.548. The fraction of sp³-hybridized carbons (Fsp3) is 0.625. The zero-order chi connectivity index (χ0) is 13.7. The second-order valence-electron chi connectivity index (χ2n) is 5.81. The number of rotatable bonds is 6. The molecule has 1 fully saturated rings. The fourth-order valence-corrected chi connectivity index (χ4v) is 3.69. The van der Waals surface area contributed by atoms with E-state index >= 15 is 0 Å². The third-order valence-corrected chi connectivity index (χ3v) is 4.86. The van der Waals surface area contributed by atoms with E-state index in [9.17, 15) is 4.39 Å². The minimum Gasteiger partial charge on any atom is -0.312 e. The van der Waals surface area contributed by atoms with Crippen LogP contribution in [0.25, 0.3) is 0 Å². The smallest absolute Gasteiger partial charge is 0.137 e. The highest BCUT2D eigenvalue weighted by molar-refractivity contribution is 8.00. The van der Waals surface area contributed by atoms with Crippen LogP contribution in [0.5, 0.6) is 0 Å². The molecule has 0 bridgehead atoms. The van der Waals surface area contributed by atoms with E-state index in [1.807, 2.05) is 12.1 Å². The second-order valence-corrected chi connectivity index (χ2v) is 7.16. The summed E-state index contributed by atoms with van der Waals surface area (Å²) in [5, 5.41) is 3.97. The van der Waals surface area contributed by atoms with Gasteiger partial charge in [0.25, 0.3) is 0 Å². The van der Waals surface area contributed by atoms with Gasteiger partial charge in [-0.05, 0) is 43.0 Å². The minimum absolute atomic E-state index is 0.0549. The fourth-order valence-electron chi connectivity index (χ4n) is 2.44. The molecule has 1 aromatic carbocycles. The highest BCUT2D eigenvalue weighted by atomic mass is 32.2. The van der Waals surface area contributed by atoms with Crippen LogP contribution in [0.15, 0.2) is 23.1 Å². The molecule has 1 aliphatic rings. The van der Waals surface area contributed by atoms with Crippen molar-refractivity contribution in [2.75, 3.05) is 6.54 Å². The summed E-state index contributed by atoms with van der Waals surface area (Å²) in [4.78, 5) is 0.819. The molecule has 0 unspecified atom stereocenters. The summed E-state index contributed by atoms with van der Waals surface area (Å²) >= 11 is 1.72. The molecule has 1 aliphatic carbocycles. The first kappa shape index (κ1) is 14.9. The molecule has 0 aromatic heterocycles. The molecule has 3 heteroatoms. The van der Waals surface area contributed by atoms with E-state index in [1.54, 1.807) is 17.8 Å². The van der Waals surface area contributed by atoms with Crippen molar-refractivity contribution in [1.82, 2.24) is 5.32 Å². The van der Waals surface area contributed by atoms with Gasteiger partial charge in [-0.3, -0.25) is 0 Å². The van der Waals surface area contributed by atoms with Crippen LogP contribution >= 0.6 is 11.8 Å². The van der Waals surface area contributed by atoms with Crippen LogP contribution < -0.4 is 5.32 Å². The Morgan fingerprint density at radius 2 is 2.05 bits per heavy atom. The predicted octanol–water partition coefficient (Wildman–Crippen LogP) is 4.61. The van der Waals surface area contributed by atoms with Gasteiger partial charge in [0.15, 0.2) is 0 Å². The summed E-state index contributed by atoms with van der Waals surface area (Å²) in [5.74, 6) is 0.572. The first-order chi connectivity index (χ1) is 9.15. The van der Waals surface area contributed by atoms with Crippen LogP contribution in [0.2, 0.25) is 0 Å². The van der Waals surface area contributed by atoms with Crippen LogP contribution in [0, 0.1) is 11.7 Å². The molecular weight excluding hydrogens is 257 g/mol. The Kier molecular flexibility index (Phi) is 5.71. The summed E-state index contributed by atoms with van der Waals surface area (Å²) in [6.45, 7) is 6.08. The lowest BCUT2D eigenvalue weighted by Gasteiger charge is -2.11. The Bertz CT molecular complexity index is 400. The first-order valence-electron chi connectivity index (χ1n) is 7.31. The van der Waals surface area contributed by atoms with Crippen LogP contribution in [-0.4, -0.2) is 11.8 Å². The van der Waals surface area contributed by atoms with E-state index < -0.39 is 0 Å². The Labute approximate surface area is 120 Å². The van der Waals surface area contributed by atoms with Crippen LogP contribution in [0.1, 0.15) is 45.1 Å². The van der Waals surface area contributed by atoms with Gasteiger partial charge in [0.2, 0.25) is 0 Å². The van der Waals surface area contributed by atoms with Crippen molar-refractivity contribution in [2.45, 2.75) is 56.2 Å². The first-order valence-corrected chi connectivity index (χ1v) is 8.19. The summed E-state index contributed by atoms with van der Waals surface area (Å²) in [7, 11) is 0. The minimum atomic E-state index is -0.0549. The van der Waals surface area contributed by atoms with Gasteiger partial charge in [-0.1, -0.05) is 32.8 Å². The molecule has 1 nitrogen and oxygen atoms in total. The number of halogens is 1. The number of hydrogen-bond acceptors (Lipinski definition) is 2. The number of benzene rings is 1. The zero-order valence-corrected chi connectivity index (χ0v) is 12.7. The largest absolute Gasteiger partial charge is 0.312 e. The molecular formula is C16H24FNS. The zero-order valence-electron chi connectivity index (χ0n) is 11.9. The maximum absolute atomic E-state index is 14.0. The lowest BCUT2D eigenvalue weighted by atomic mass is 10.2. The van der Waals surface area contributed by atoms with Gasteiger partial charge in [0, 0.05) is 16.7 Å². The molecule has 1 aromatic rings. The van der Waals surface area contributed by atoms with Crippen molar-refractivity contribution >= 4 is 11.8 Å². The van der Waals surface area contributed by atoms with E-state index in [0.29, 0.717) is 11.2 Å². The Balaban J connectivity index is 1.88. The SMILES string of the molecule is CC(C)CNCc1ccc(SC2CCCC2)c(F)c1.